The van der Waals surface area contributed by atoms with Crippen LogP contribution in [0, 0.1) is 17.6 Å². The van der Waals surface area contributed by atoms with E-state index in [9.17, 15) is 12.8 Å². The van der Waals surface area contributed by atoms with Gasteiger partial charge in [0.05, 0.1) is 14.2 Å². The molecule has 0 amide bonds. The second-order valence-corrected chi connectivity index (χ2v) is 14.6. The molecule has 0 saturated heterocycles. The van der Waals surface area contributed by atoms with Crippen molar-refractivity contribution in [2.24, 2.45) is 11.7 Å². The van der Waals surface area contributed by atoms with Gasteiger partial charge in [0.1, 0.15) is 33.0 Å². The summed E-state index contributed by atoms with van der Waals surface area (Å²) in [6.45, 7) is 0.253. The Kier molecular flexibility index (Phi) is 10.1. The minimum absolute atomic E-state index is 0.0102. The number of aromatic nitrogens is 1. The summed E-state index contributed by atoms with van der Waals surface area (Å²) in [7, 11) is -1.19. The number of halogens is 2. The van der Waals surface area contributed by atoms with Gasteiger partial charge in [-0.3, -0.25) is 0 Å². The molecule has 1 heterocycles. The lowest BCUT2D eigenvalue weighted by atomic mass is 10.1. The highest BCUT2D eigenvalue weighted by atomic mass is 32.2. The van der Waals surface area contributed by atoms with E-state index >= 15 is 4.39 Å². The predicted molar refractivity (Wildman–Crippen MR) is 190 cm³/mol. The molecule has 6 rings (SSSR count). The van der Waals surface area contributed by atoms with Crippen molar-refractivity contribution in [1.29, 1.82) is 0 Å². The summed E-state index contributed by atoms with van der Waals surface area (Å²) in [6, 6.07) is 26.4. The fourth-order valence-corrected chi connectivity index (χ4v) is 7.56. The van der Waals surface area contributed by atoms with Crippen molar-refractivity contribution in [2.75, 3.05) is 14.2 Å². The number of hydrogen-bond donors (Lipinski definition) is 1. The minimum atomic E-state index is -4.31. The second kappa shape index (κ2) is 14.5. The highest BCUT2D eigenvalue weighted by Gasteiger charge is 2.30. The van der Waals surface area contributed by atoms with Gasteiger partial charge in [-0.25, -0.2) is 17.2 Å². The van der Waals surface area contributed by atoms with Crippen LogP contribution in [-0.4, -0.2) is 36.5 Å². The van der Waals surface area contributed by atoms with Gasteiger partial charge < -0.3 is 19.8 Å². The zero-order valence-corrected chi connectivity index (χ0v) is 28.9. The van der Waals surface area contributed by atoms with Gasteiger partial charge >= 0.3 is 0 Å². The van der Waals surface area contributed by atoms with Gasteiger partial charge in [0, 0.05) is 36.6 Å². The topological polar surface area (TPSA) is 86.8 Å². The van der Waals surface area contributed by atoms with Crippen LogP contribution >= 0.6 is 12.2 Å². The normalized spacial score (nSPS) is 13.1. The third-order valence-corrected chi connectivity index (χ3v) is 10.8. The van der Waals surface area contributed by atoms with E-state index in [0.29, 0.717) is 34.1 Å². The molecule has 1 saturated carbocycles. The van der Waals surface area contributed by atoms with Gasteiger partial charge in [0.2, 0.25) is 10.0 Å². The molecule has 0 radical (unpaired) electrons. The Balaban J connectivity index is 1.35. The van der Waals surface area contributed by atoms with Crippen LogP contribution in [0.25, 0.3) is 11.3 Å². The molecule has 0 atom stereocenters. The molecule has 2 N–H and O–H groups in total. The fourth-order valence-electron chi connectivity index (χ4n) is 5.93. The van der Waals surface area contributed by atoms with Crippen LogP contribution in [0.2, 0.25) is 0 Å². The molecule has 11 heteroatoms. The Morgan fingerprint density at radius 1 is 0.837 bits per heavy atom. The first kappa shape index (κ1) is 34.3. The molecule has 1 aliphatic carbocycles. The molecule has 0 bridgehead atoms. The quantitative estimate of drug-likeness (QED) is 0.121. The van der Waals surface area contributed by atoms with Crippen molar-refractivity contribution in [3.63, 3.8) is 0 Å². The van der Waals surface area contributed by atoms with E-state index in [2.05, 4.69) is 0 Å². The third-order valence-electron chi connectivity index (χ3n) is 8.78. The Morgan fingerprint density at radius 2 is 1.39 bits per heavy atom. The molecule has 0 aliphatic heterocycles. The van der Waals surface area contributed by atoms with Crippen molar-refractivity contribution in [3.8, 4) is 22.8 Å². The van der Waals surface area contributed by atoms with E-state index in [0.717, 1.165) is 41.8 Å². The van der Waals surface area contributed by atoms with Crippen molar-refractivity contribution in [3.05, 3.63) is 137 Å². The number of thiocarbonyl (C=S) groups is 1. The number of methoxy groups -OCH3 is 2. The molecule has 0 spiro atoms. The lowest BCUT2D eigenvalue weighted by Crippen LogP contribution is -2.31. The molecule has 254 valence electrons. The van der Waals surface area contributed by atoms with E-state index in [1.54, 1.807) is 80.9 Å². The first-order valence-electron chi connectivity index (χ1n) is 15.9. The first-order chi connectivity index (χ1) is 23.5. The summed E-state index contributed by atoms with van der Waals surface area (Å²) in [5.74, 6) is 0.554. The van der Waals surface area contributed by atoms with Gasteiger partial charge in [-0.1, -0.05) is 42.5 Å². The highest BCUT2D eigenvalue weighted by Crippen LogP contribution is 2.37. The predicted octanol–water partition coefficient (Wildman–Crippen LogP) is 7.48. The van der Waals surface area contributed by atoms with Gasteiger partial charge in [-0.2, -0.15) is 4.31 Å². The van der Waals surface area contributed by atoms with Crippen molar-refractivity contribution in [1.82, 2.24) is 8.87 Å². The minimum Gasteiger partial charge on any atom is -0.497 e. The summed E-state index contributed by atoms with van der Waals surface area (Å²) in [5, 5.41) is 0. The SMILES string of the molecule is COc1ccc(CN(Cc2ccc(OC)cc2)S(=O)(=O)c2ccc(Cn3c(-c4ccc(F)cc4)cc(C(N)=S)c3CC3CC3)cc2F)cc1. The zero-order valence-electron chi connectivity index (χ0n) is 27.2. The monoisotopic (exact) mass is 701 g/mol. The number of nitrogens with two attached hydrogens (primary N) is 1. The van der Waals surface area contributed by atoms with Crippen LogP contribution in [0.3, 0.4) is 0 Å². The molecule has 49 heavy (non-hydrogen) atoms. The van der Waals surface area contributed by atoms with Gasteiger partial charge in [0.25, 0.3) is 0 Å². The van der Waals surface area contributed by atoms with Gasteiger partial charge in [-0.15, -0.1) is 0 Å². The van der Waals surface area contributed by atoms with Crippen LogP contribution in [-0.2, 0) is 36.1 Å². The van der Waals surface area contributed by atoms with Crippen LogP contribution < -0.4 is 15.2 Å². The van der Waals surface area contributed by atoms with Crippen molar-refractivity contribution < 1.29 is 26.7 Å². The first-order valence-corrected chi connectivity index (χ1v) is 17.7. The van der Waals surface area contributed by atoms with Crippen LogP contribution in [0.5, 0.6) is 11.5 Å². The standard InChI is InChI=1S/C38H37F2N3O4S2/c1-46-31-14-5-26(6-15-31)22-42(23-27-7-16-32(47-2)17-8-27)49(44,45)37-18-9-28(19-34(37)40)24-43-35(29-10-12-30(39)13-11-29)21-33(38(41)48)36(43)20-25-3-4-25/h5-19,21,25H,3-4,20,22-24H2,1-2H3,(H2,41,48). The molecule has 4 aromatic carbocycles. The second-order valence-electron chi connectivity index (χ2n) is 12.2. The van der Waals surface area contributed by atoms with E-state index in [4.69, 9.17) is 27.4 Å². The Labute approximate surface area is 290 Å². The molecule has 0 unspecified atom stereocenters. The van der Waals surface area contributed by atoms with Crippen molar-refractivity contribution in [2.45, 2.75) is 43.8 Å². The lowest BCUT2D eigenvalue weighted by molar-refractivity contribution is 0.395. The maximum atomic E-state index is 16.1. The summed E-state index contributed by atoms with van der Waals surface area (Å²) >= 11 is 5.41. The highest BCUT2D eigenvalue weighted by molar-refractivity contribution is 7.89. The Morgan fingerprint density at radius 3 is 1.88 bits per heavy atom. The van der Waals surface area contributed by atoms with Crippen molar-refractivity contribution >= 4 is 27.2 Å². The third kappa shape index (κ3) is 7.85. The summed E-state index contributed by atoms with van der Waals surface area (Å²) in [4.78, 5) is -0.175. The van der Waals surface area contributed by atoms with E-state index in [-0.39, 0.29) is 30.4 Å². The fraction of sp³-hybridized carbons (Fsp3) is 0.237. The number of hydrogen-bond acceptors (Lipinski definition) is 5. The smallest absolute Gasteiger partial charge is 0.246 e. The van der Waals surface area contributed by atoms with E-state index in [1.807, 2.05) is 10.6 Å². The molecule has 1 fully saturated rings. The average molecular weight is 702 g/mol. The number of sulfonamides is 1. The lowest BCUT2D eigenvalue weighted by Gasteiger charge is -2.23. The maximum Gasteiger partial charge on any atom is 0.246 e. The number of benzene rings is 4. The Hall–Kier alpha value is -4.58. The number of rotatable bonds is 14. The van der Waals surface area contributed by atoms with Gasteiger partial charge in [0.15, 0.2) is 0 Å². The number of nitrogens with zero attached hydrogens (tertiary/aromatic N) is 2. The molecular formula is C38H37F2N3O4S2. The molecule has 1 aromatic heterocycles. The Bertz CT molecular complexity index is 2010. The largest absolute Gasteiger partial charge is 0.497 e. The molecule has 5 aromatic rings. The number of ether oxygens (including phenoxy) is 2. The van der Waals surface area contributed by atoms with Gasteiger partial charge in [-0.05, 0) is 114 Å². The van der Waals surface area contributed by atoms with E-state index < -0.39 is 20.7 Å². The summed E-state index contributed by atoms with van der Waals surface area (Å²) < 4.78 is 72.1. The molecule has 7 nitrogen and oxygen atoms in total. The average Bonchev–Trinajstić information content (AvgIpc) is 3.85. The summed E-state index contributed by atoms with van der Waals surface area (Å²) in [5.41, 5.74) is 11.3. The summed E-state index contributed by atoms with van der Waals surface area (Å²) in [6.07, 6.45) is 2.94. The van der Waals surface area contributed by atoms with E-state index in [1.165, 1.54) is 28.6 Å². The zero-order chi connectivity index (χ0) is 34.7. The van der Waals surface area contributed by atoms with Crippen LogP contribution in [0.15, 0.2) is 102 Å². The molecular weight excluding hydrogens is 665 g/mol. The molecule has 1 aliphatic rings. The maximum absolute atomic E-state index is 16.1. The van der Waals surface area contributed by atoms with Crippen LogP contribution in [0.4, 0.5) is 8.78 Å². The van der Waals surface area contributed by atoms with Crippen LogP contribution in [0.1, 0.15) is 40.8 Å².